The number of benzene rings is 1. The van der Waals surface area contributed by atoms with Gasteiger partial charge in [0.25, 0.3) is 0 Å². The van der Waals surface area contributed by atoms with E-state index in [1.807, 2.05) is 0 Å². The quantitative estimate of drug-likeness (QED) is 0.769. The normalized spacial score (nSPS) is 10.1. The first-order valence-electron chi connectivity index (χ1n) is 5.66. The van der Waals surface area contributed by atoms with Gasteiger partial charge in [-0.05, 0) is 12.5 Å². The number of Topliss-reactive ketones (excluding diaryl/α,β-unsaturated/α-hetero) is 1. The minimum absolute atomic E-state index is 0.0291. The van der Waals surface area contributed by atoms with E-state index in [1.165, 1.54) is 20.3 Å². The molecule has 104 valence electrons. The number of ether oxygens (including phenoxy) is 2. The fraction of sp³-hybridized carbons (Fsp3) is 0.385. The number of carbonyl (C=O) groups excluding carboxylic acids is 1. The molecule has 0 radical (unpaired) electrons. The molecule has 0 aliphatic heterocycles. The first-order valence-corrected chi connectivity index (χ1v) is 5.66. The molecular formula is C13H15FO5. The number of carboxylic acid groups (broad SMARTS) is 1. The van der Waals surface area contributed by atoms with Gasteiger partial charge in [0, 0.05) is 18.9 Å². The van der Waals surface area contributed by atoms with E-state index >= 15 is 0 Å². The molecule has 1 rings (SSSR count). The molecule has 1 aromatic carbocycles. The van der Waals surface area contributed by atoms with Gasteiger partial charge in [0.1, 0.15) is 5.82 Å². The Kier molecular flexibility index (Phi) is 5.29. The molecule has 6 heteroatoms. The van der Waals surface area contributed by atoms with Crippen molar-refractivity contribution < 1.29 is 28.6 Å². The molecule has 1 aromatic rings. The summed E-state index contributed by atoms with van der Waals surface area (Å²) in [5, 5.41) is 8.48. The summed E-state index contributed by atoms with van der Waals surface area (Å²) in [5.74, 6) is -1.70. The number of methoxy groups -OCH3 is 2. The van der Waals surface area contributed by atoms with Gasteiger partial charge < -0.3 is 14.6 Å². The number of hydrogen-bond acceptors (Lipinski definition) is 4. The Labute approximate surface area is 109 Å². The molecule has 0 aliphatic carbocycles. The second-order valence-electron chi connectivity index (χ2n) is 3.86. The van der Waals surface area contributed by atoms with Crippen LogP contribution in [0, 0.1) is 5.82 Å². The summed E-state index contributed by atoms with van der Waals surface area (Å²) < 4.78 is 23.6. The van der Waals surface area contributed by atoms with Crippen molar-refractivity contribution in [3.63, 3.8) is 0 Å². The number of rotatable bonds is 7. The Hall–Kier alpha value is -2.11. The van der Waals surface area contributed by atoms with E-state index in [-0.39, 0.29) is 36.3 Å². The Bertz CT molecular complexity index is 484. The van der Waals surface area contributed by atoms with E-state index in [9.17, 15) is 14.0 Å². The molecule has 0 atom stereocenters. The van der Waals surface area contributed by atoms with E-state index in [0.29, 0.717) is 0 Å². The summed E-state index contributed by atoms with van der Waals surface area (Å²) in [6.07, 6.45) is 0.0152. The maximum absolute atomic E-state index is 13.7. The highest BCUT2D eigenvalue weighted by molar-refractivity contribution is 5.97. The fourth-order valence-corrected chi connectivity index (χ4v) is 1.60. The van der Waals surface area contributed by atoms with Gasteiger partial charge in [-0.1, -0.05) is 0 Å². The van der Waals surface area contributed by atoms with Gasteiger partial charge in [-0.15, -0.1) is 0 Å². The van der Waals surface area contributed by atoms with E-state index in [4.69, 9.17) is 14.6 Å². The summed E-state index contributed by atoms with van der Waals surface area (Å²) in [4.78, 5) is 22.1. The van der Waals surface area contributed by atoms with E-state index < -0.39 is 17.6 Å². The van der Waals surface area contributed by atoms with Crippen LogP contribution < -0.4 is 9.47 Å². The van der Waals surface area contributed by atoms with Gasteiger partial charge >= 0.3 is 5.97 Å². The number of ketones is 1. The van der Waals surface area contributed by atoms with Crippen molar-refractivity contribution in [2.75, 3.05) is 14.2 Å². The average Bonchev–Trinajstić information content (AvgIpc) is 2.37. The van der Waals surface area contributed by atoms with Gasteiger partial charge in [-0.2, -0.15) is 0 Å². The molecule has 5 nitrogen and oxygen atoms in total. The Balaban J connectivity index is 2.87. The average molecular weight is 270 g/mol. The van der Waals surface area contributed by atoms with Crippen molar-refractivity contribution in [1.82, 2.24) is 0 Å². The van der Waals surface area contributed by atoms with Crippen LogP contribution in [0.25, 0.3) is 0 Å². The minimum atomic E-state index is -0.986. The Morgan fingerprint density at radius 2 is 1.74 bits per heavy atom. The Morgan fingerprint density at radius 1 is 1.16 bits per heavy atom. The molecule has 19 heavy (non-hydrogen) atoms. The smallest absolute Gasteiger partial charge is 0.303 e. The highest BCUT2D eigenvalue weighted by atomic mass is 19.1. The third kappa shape index (κ3) is 3.94. The van der Waals surface area contributed by atoms with Gasteiger partial charge in [-0.25, -0.2) is 4.39 Å². The molecule has 0 saturated carbocycles. The molecule has 0 aromatic heterocycles. The first-order chi connectivity index (χ1) is 8.99. The predicted molar refractivity (Wildman–Crippen MR) is 65.3 cm³/mol. The second-order valence-corrected chi connectivity index (χ2v) is 3.86. The molecule has 0 heterocycles. The zero-order valence-corrected chi connectivity index (χ0v) is 10.7. The molecule has 0 amide bonds. The predicted octanol–water partition coefficient (Wildman–Crippen LogP) is 2.28. The number of hydrogen-bond donors (Lipinski definition) is 1. The van der Waals surface area contributed by atoms with Gasteiger partial charge in [0.15, 0.2) is 17.3 Å². The van der Waals surface area contributed by atoms with Crippen molar-refractivity contribution in [2.24, 2.45) is 0 Å². The lowest BCUT2D eigenvalue weighted by Crippen LogP contribution is -2.05. The SMILES string of the molecule is COc1cc(F)c(C(=O)CCCC(=O)O)cc1OC. The lowest BCUT2D eigenvalue weighted by Gasteiger charge is -2.10. The molecule has 0 spiro atoms. The van der Waals surface area contributed by atoms with Crippen LogP contribution in [0.15, 0.2) is 12.1 Å². The van der Waals surface area contributed by atoms with Crippen LogP contribution in [0.2, 0.25) is 0 Å². The maximum atomic E-state index is 13.7. The van der Waals surface area contributed by atoms with Gasteiger partial charge in [-0.3, -0.25) is 9.59 Å². The monoisotopic (exact) mass is 270 g/mol. The van der Waals surface area contributed by atoms with Crippen molar-refractivity contribution in [2.45, 2.75) is 19.3 Å². The number of carboxylic acids is 1. The van der Waals surface area contributed by atoms with Crippen LogP contribution >= 0.6 is 0 Å². The molecule has 1 N–H and O–H groups in total. The van der Waals surface area contributed by atoms with Crippen LogP contribution in [0.1, 0.15) is 29.6 Å². The highest BCUT2D eigenvalue weighted by Crippen LogP contribution is 2.30. The number of aliphatic carboxylic acids is 1. The lowest BCUT2D eigenvalue weighted by molar-refractivity contribution is -0.137. The lowest BCUT2D eigenvalue weighted by atomic mass is 10.0. The third-order valence-corrected chi connectivity index (χ3v) is 2.57. The minimum Gasteiger partial charge on any atom is -0.493 e. The van der Waals surface area contributed by atoms with Crippen molar-refractivity contribution >= 4 is 11.8 Å². The fourth-order valence-electron chi connectivity index (χ4n) is 1.60. The van der Waals surface area contributed by atoms with Crippen molar-refractivity contribution in [3.8, 4) is 11.5 Å². The zero-order valence-electron chi connectivity index (χ0n) is 10.7. The summed E-state index contributed by atoms with van der Waals surface area (Å²) in [6, 6.07) is 2.33. The molecule has 0 bridgehead atoms. The summed E-state index contributed by atoms with van der Waals surface area (Å²) in [6.45, 7) is 0. The van der Waals surface area contributed by atoms with Crippen LogP contribution in [0.3, 0.4) is 0 Å². The van der Waals surface area contributed by atoms with E-state index in [1.54, 1.807) is 0 Å². The third-order valence-electron chi connectivity index (χ3n) is 2.57. The molecule has 0 saturated heterocycles. The first kappa shape index (κ1) is 14.9. The van der Waals surface area contributed by atoms with E-state index in [0.717, 1.165) is 6.07 Å². The van der Waals surface area contributed by atoms with Crippen LogP contribution in [0.5, 0.6) is 11.5 Å². The van der Waals surface area contributed by atoms with Gasteiger partial charge in [0.2, 0.25) is 0 Å². The zero-order chi connectivity index (χ0) is 14.4. The standard InChI is InChI=1S/C13H15FO5/c1-18-11-6-8(9(14)7-12(11)19-2)10(15)4-3-5-13(16)17/h6-7H,3-5H2,1-2H3,(H,16,17). The maximum Gasteiger partial charge on any atom is 0.303 e. The second kappa shape index (κ2) is 6.72. The van der Waals surface area contributed by atoms with Gasteiger partial charge in [0.05, 0.1) is 19.8 Å². The van der Waals surface area contributed by atoms with Crippen LogP contribution in [0.4, 0.5) is 4.39 Å². The molecule has 0 fully saturated rings. The molecular weight excluding hydrogens is 255 g/mol. The van der Waals surface area contributed by atoms with Crippen molar-refractivity contribution in [3.05, 3.63) is 23.5 Å². The largest absolute Gasteiger partial charge is 0.493 e. The molecule has 0 unspecified atom stereocenters. The Morgan fingerprint density at radius 3 is 2.26 bits per heavy atom. The van der Waals surface area contributed by atoms with E-state index in [2.05, 4.69) is 0 Å². The topological polar surface area (TPSA) is 72.8 Å². The van der Waals surface area contributed by atoms with Crippen molar-refractivity contribution in [1.29, 1.82) is 0 Å². The summed E-state index contributed by atoms with van der Waals surface area (Å²) in [5.41, 5.74) is -0.122. The molecule has 0 aliphatic rings. The number of carbonyl (C=O) groups is 2. The number of halogens is 1. The van der Waals surface area contributed by atoms with Crippen LogP contribution in [-0.2, 0) is 4.79 Å². The summed E-state index contributed by atoms with van der Waals surface area (Å²) >= 11 is 0. The highest BCUT2D eigenvalue weighted by Gasteiger charge is 2.17. The van der Waals surface area contributed by atoms with Crippen LogP contribution in [-0.4, -0.2) is 31.1 Å². The summed E-state index contributed by atoms with van der Waals surface area (Å²) in [7, 11) is 2.75.